The largest absolute Gasteiger partial charge is 0.334 e. The molecule has 2 aromatic rings. The number of amides is 1. The second-order valence-corrected chi connectivity index (χ2v) is 9.08. The average molecular weight is 385 g/mol. The summed E-state index contributed by atoms with van der Waals surface area (Å²) in [6.07, 6.45) is 9.97. The van der Waals surface area contributed by atoms with Gasteiger partial charge < -0.3 is 14.6 Å². The molecule has 0 spiro atoms. The average Bonchev–Trinajstić information content (AvgIpc) is 3.10. The standard InChI is InChI=1S/C20H23N3O3S/c24-10-12-4-1-2-5-13(12)18(25)22-20-16(14-6-3-7-15(14)27-20)19-21-17(23-26-19)11-8-9-11/h10-13H,1-9H2,(H,22,25). The maximum Gasteiger partial charge on any atom is 0.261 e. The van der Waals surface area contributed by atoms with Gasteiger partial charge in [0, 0.05) is 22.6 Å². The third-order valence-electron chi connectivity index (χ3n) is 6.09. The zero-order valence-corrected chi connectivity index (χ0v) is 16.0. The van der Waals surface area contributed by atoms with Crippen LogP contribution in [0.1, 0.15) is 67.1 Å². The Kier molecular flexibility index (Phi) is 4.34. The number of hydrogen-bond donors (Lipinski definition) is 1. The molecule has 2 atom stereocenters. The molecule has 2 unspecified atom stereocenters. The second kappa shape index (κ2) is 6.86. The van der Waals surface area contributed by atoms with Crippen molar-refractivity contribution in [3.05, 3.63) is 16.3 Å². The van der Waals surface area contributed by atoms with Crippen molar-refractivity contribution >= 4 is 28.5 Å². The first kappa shape index (κ1) is 17.1. The Morgan fingerprint density at radius 3 is 2.81 bits per heavy atom. The van der Waals surface area contributed by atoms with E-state index in [0.717, 1.165) is 80.5 Å². The van der Waals surface area contributed by atoms with Crippen LogP contribution in [0.5, 0.6) is 0 Å². The van der Waals surface area contributed by atoms with E-state index >= 15 is 0 Å². The van der Waals surface area contributed by atoms with Crippen molar-refractivity contribution in [3.63, 3.8) is 0 Å². The van der Waals surface area contributed by atoms with E-state index in [-0.39, 0.29) is 17.7 Å². The number of carbonyl (C=O) groups is 2. The molecule has 6 nitrogen and oxygen atoms in total. The van der Waals surface area contributed by atoms with Crippen LogP contribution in [-0.2, 0) is 22.4 Å². The summed E-state index contributed by atoms with van der Waals surface area (Å²) in [6.45, 7) is 0. The van der Waals surface area contributed by atoms with Crippen LogP contribution in [-0.4, -0.2) is 22.3 Å². The Morgan fingerprint density at radius 2 is 2.00 bits per heavy atom. The molecule has 7 heteroatoms. The highest BCUT2D eigenvalue weighted by atomic mass is 32.1. The maximum absolute atomic E-state index is 12.9. The van der Waals surface area contributed by atoms with Gasteiger partial charge in [-0.25, -0.2) is 0 Å². The van der Waals surface area contributed by atoms with E-state index in [9.17, 15) is 9.59 Å². The molecule has 27 heavy (non-hydrogen) atoms. The van der Waals surface area contributed by atoms with E-state index in [4.69, 9.17) is 4.52 Å². The predicted molar refractivity (Wildman–Crippen MR) is 102 cm³/mol. The van der Waals surface area contributed by atoms with Gasteiger partial charge in [-0.1, -0.05) is 18.0 Å². The van der Waals surface area contributed by atoms with Crippen LogP contribution in [0.3, 0.4) is 0 Å². The van der Waals surface area contributed by atoms with Crippen molar-refractivity contribution in [1.82, 2.24) is 10.1 Å². The SMILES string of the molecule is O=CC1CCCCC1C(=O)Nc1sc2c(c1-c1nc(C3CC3)no1)CCC2. The van der Waals surface area contributed by atoms with Gasteiger partial charge in [-0.05, 0) is 50.5 Å². The Bertz CT molecular complexity index is 883. The van der Waals surface area contributed by atoms with E-state index in [0.29, 0.717) is 11.8 Å². The van der Waals surface area contributed by atoms with E-state index in [1.54, 1.807) is 11.3 Å². The molecule has 0 aromatic carbocycles. The van der Waals surface area contributed by atoms with Gasteiger partial charge >= 0.3 is 0 Å². The molecule has 3 aliphatic carbocycles. The first-order valence-corrected chi connectivity index (χ1v) is 10.8. The van der Waals surface area contributed by atoms with Gasteiger partial charge in [-0.15, -0.1) is 11.3 Å². The monoisotopic (exact) mass is 385 g/mol. The molecular formula is C20H23N3O3S. The topological polar surface area (TPSA) is 85.1 Å². The van der Waals surface area contributed by atoms with Crippen molar-refractivity contribution in [3.8, 4) is 11.5 Å². The van der Waals surface area contributed by atoms with Gasteiger partial charge in [0.2, 0.25) is 5.91 Å². The molecule has 1 amide bonds. The molecule has 2 heterocycles. The lowest BCUT2D eigenvalue weighted by molar-refractivity contribution is -0.126. The van der Waals surface area contributed by atoms with Crippen LogP contribution >= 0.6 is 11.3 Å². The number of thiophene rings is 1. The third-order valence-corrected chi connectivity index (χ3v) is 7.29. The Hall–Kier alpha value is -2.02. The minimum atomic E-state index is -0.231. The summed E-state index contributed by atoms with van der Waals surface area (Å²) in [5.74, 6) is 1.30. The number of nitrogens with one attached hydrogen (secondary N) is 1. The van der Waals surface area contributed by atoms with Crippen LogP contribution < -0.4 is 5.32 Å². The van der Waals surface area contributed by atoms with Crippen molar-refractivity contribution in [2.45, 2.75) is 63.7 Å². The fourth-order valence-electron chi connectivity index (χ4n) is 4.41. The minimum absolute atomic E-state index is 0.0464. The minimum Gasteiger partial charge on any atom is -0.334 e. The lowest BCUT2D eigenvalue weighted by Gasteiger charge is -2.26. The van der Waals surface area contributed by atoms with E-state index < -0.39 is 0 Å². The van der Waals surface area contributed by atoms with Gasteiger partial charge in [0.05, 0.1) is 5.56 Å². The van der Waals surface area contributed by atoms with Gasteiger partial charge in [-0.2, -0.15) is 4.98 Å². The van der Waals surface area contributed by atoms with E-state index in [1.807, 2.05) is 0 Å². The molecule has 142 valence electrons. The molecule has 3 aliphatic rings. The summed E-state index contributed by atoms with van der Waals surface area (Å²) >= 11 is 1.63. The quantitative estimate of drug-likeness (QED) is 0.783. The Balaban J connectivity index is 1.45. The molecule has 0 radical (unpaired) electrons. The van der Waals surface area contributed by atoms with Crippen LogP contribution in [0.25, 0.3) is 11.5 Å². The number of aryl methyl sites for hydroxylation is 1. The summed E-state index contributed by atoms with van der Waals surface area (Å²) in [7, 11) is 0. The smallest absolute Gasteiger partial charge is 0.261 e. The number of carbonyl (C=O) groups excluding carboxylic acids is 2. The molecule has 2 fully saturated rings. The Labute approximate surface area is 161 Å². The summed E-state index contributed by atoms with van der Waals surface area (Å²) in [4.78, 5) is 30.3. The van der Waals surface area contributed by atoms with Gasteiger partial charge in [-0.3, -0.25) is 4.79 Å². The summed E-state index contributed by atoms with van der Waals surface area (Å²) < 4.78 is 5.58. The van der Waals surface area contributed by atoms with Gasteiger partial charge in [0.1, 0.15) is 11.3 Å². The lowest BCUT2D eigenvalue weighted by Crippen LogP contribution is -2.32. The summed E-state index contributed by atoms with van der Waals surface area (Å²) in [5.41, 5.74) is 2.16. The first-order chi connectivity index (χ1) is 13.2. The molecule has 5 rings (SSSR count). The number of aldehydes is 1. The van der Waals surface area contributed by atoms with Gasteiger partial charge in [0.25, 0.3) is 5.89 Å². The highest BCUT2D eigenvalue weighted by molar-refractivity contribution is 7.17. The predicted octanol–water partition coefficient (Wildman–Crippen LogP) is 4.11. The van der Waals surface area contributed by atoms with Crippen LogP contribution in [0.15, 0.2) is 4.52 Å². The maximum atomic E-state index is 12.9. The number of nitrogens with zero attached hydrogens (tertiary/aromatic N) is 2. The third kappa shape index (κ3) is 3.12. The molecule has 0 saturated heterocycles. The molecular weight excluding hydrogens is 362 g/mol. The lowest BCUT2D eigenvalue weighted by atomic mass is 9.79. The van der Waals surface area contributed by atoms with Crippen LogP contribution in [0.2, 0.25) is 0 Å². The van der Waals surface area contributed by atoms with Crippen molar-refractivity contribution in [2.24, 2.45) is 11.8 Å². The number of rotatable bonds is 5. The number of aromatic nitrogens is 2. The number of anilines is 1. The van der Waals surface area contributed by atoms with Crippen LogP contribution in [0, 0.1) is 11.8 Å². The number of fused-ring (bicyclic) bond motifs is 1. The highest BCUT2D eigenvalue weighted by Crippen LogP contribution is 2.46. The van der Waals surface area contributed by atoms with Crippen molar-refractivity contribution < 1.29 is 14.1 Å². The normalized spacial score (nSPS) is 24.6. The van der Waals surface area contributed by atoms with Crippen molar-refractivity contribution in [1.29, 1.82) is 0 Å². The highest BCUT2D eigenvalue weighted by Gasteiger charge is 2.34. The zero-order valence-electron chi connectivity index (χ0n) is 15.2. The molecule has 0 bridgehead atoms. The fraction of sp³-hybridized carbons (Fsp3) is 0.600. The first-order valence-electron chi connectivity index (χ1n) is 9.99. The van der Waals surface area contributed by atoms with Gasteiger partial charge in [0.15, 0.2) is 5.82 Å². The summed E-state index contributed by atoms with van der Waals surface area (Å²) in [6, 6.07) is 0. The zero-order chi connectivity index (χ0) is 18.4. The molecule has 1 N–H and O–H groups in total. The van der Waals surface area contributed by atoms with Crippen LogP contribution in [0.4, 0.5) is 5.00 Å². The molecule has 0 aliphatic heterocycles. The molecule has 2 aromatic heterocycles. The fourth-order valence-corrected chi connectivity index (χ4v) is 5.70. The second-order valence-electron chi connectivity index (χ2n) is 7.97. The number of hydrogen-bond acceptors (Lipinski definition) is 6. The summed E-state index contributed by atoms with van der Waals surface area (Å²) in [5, 5.41) is 8.09. The van der Waals surface area contributed by atoms with E-state index in [1.165, 1.54) is 10.4 Å². The van der Waals surface area contributed by atoms with Crippen molar-refractivity contribution in [2.75, 3.05) is 5.32 Å². The Morgan fingerprint density at radius 1 is 1.15 bits per heavy atom. The molecule has 2 saturated carbocycles. The van der Waals surface area contributed by atoms with E-state index in [2.05, 4.69) is 15.5 Å².